The van der Waals surface area contributed by atoms with Gasteiger partial charge in [0.2, 0.25) is 11.8 Å². The van der Waals surface area contributed by atoms with Crippen LogP contribution in [0, 0.1) is 11.8 Å². The van der Waals surface area contributed by atoms with Crippen molar-refractivity contribution < 1.29 is 38.8 Å². The smallest absolute Gasteiger partial charge is 0.339 e. The number of amides is 2. The highest BCUT2D eigenvalue weighted by Crippen LogP contribution is 2.59. The number of hydrogen-bond donors (Lipinski definition) is 4. The van der Waals surface area contributed by atoms with Crippen LogP contribution in [0.1, 0.15) is 60.0 Å². The van der Waals surface area contributed by atoms with Crippen molar-refractivity contribution in [1.29, 1.82) is 0 Å². The summed E-state index contributed by atoms with van der Waals surface area (Å²) in [5.74, 6) is -1.05. The minimum absolute atomic E-state index is 0.0732. The molecule has 10 heteroatoms. The van der Waals surface area contributed by atoms with Gasteiger partial charge in [-0.2, -0.15) is 0 Å². The first-order chi connectivity index (χ1) is 21.9. The van der Waals surface area contributed by atoms with E-state index < -0.39 is 30.1 Å². The number of phenolic OH excluding ortho intramolecular Hbond substituents is 1. The van der Waals surface area contributed by atoms with E-state index in [4.69, 9.17) is 19.3 Å². The molecule has 238 valence electrons. The van der Waals surface area contributed by atoms with Crippen LogP contribution in [0.25, 0.3) is 6.08 Å². The van der Waals surface area contributed by atoms with Gasteiger partial charge in [0, 0.05) is 43.3 Å². The monoisotopic (exact) mass is 616 g/mol. The number of aliphatic hydroxyl groups is 1. The molecule has 2 saturated carbocycles. The Kier molecular flexibility index (Phi) is 9.34. The number of nitrogens with one attached hydrogen (secondary N) is 2. The van der Waals surface area contributed by atoms with Crippen LogP contribution in [0.15, 0.2) is 66.3 Å². The lowest BCUT2D eigenvalue weighted by atomic mass is 9.91. The number of carbonyl (C=O) groups is 3. The zero-order valence-corrected chi connectivity index (χ0v) is 25.2. The average molecular weight is 617 g/mol. The molecule has 3 unspecified atom stereocenters. The summed E-state index contributed by atoms with van der Waals surface area (Å²) in [6.45, 7) is 0.125. The molecular weight excluding hydrogens is 576 g/mol. The minimum atomic E-state index is -0.751. The first-order valence-corrected chi connectivity index (χ1v) is 15.8. The molecule has 3 atom stereocenters. The Morgan fingerprint density at radius 3 is 2.42 bits per heavy atom. The fourth-order valence-electron chi connectivity index (χ4n) is 6.28. The van der Waals surface area contributed by atoms with E-state index in [1.54, 1.807) is 30.3 Å². The number of carbonyl (C=O) groups excluding carboxylic acids is 3. The fourth-order valence-corrected chi connectivity index (χ4v) is 6.28. The summed E-state index contributed by atoms with van der Waals surface area (Å²) in [5, 5.41) is 24.3. The molecule has 1 saturated heterocycles. The second kappa shape index (κ2) is 13.6. The van der Waals surface area contributed by atoms with Crippen LogP contribution >= 0.6 is 0 Å². The summed E-state index contributed by atoms with van der Waals surface area (Å²) in [5.41, 5.74) is 2.25. The van der Waals surface area contributed by atoms with E-state index in [1.165, 1.54) is 0 Å². The van der Waals surface area contributed by atoms with Crippen LogP contribution in [0.3, 0.4) is 0 Å². The van der Waals surface area contributed by atoms with E-state index in [2.05, 4.69) is 10.6 Å². The second-order valence-corrected chi connectivity index (χ2v) is 12.2. The van der Waals surface area contributed by atoms with Crippen molar-refractivity contribution in [3.63, 3.8) is 0 Å². The Morgan fingerprint density at radius 2 is 1.69 bits per heavy atom. The van der Waals surface area contributed by atoms with Gasteiger partial charge in [0.05, 0.1) is 12.2 Å². The number of esters is 1. The number of aromatic hydroxyl groups is 1. The molecule has 10 nitrogen and oxygen atoms in total. The Bertz CT molecular complexity index is 1470. The highest BCUT2D eigenvalue weighted by Gasteiger charge is 2.64. The molecule has 3 fully saturated rings. The van der Waals surface area contributed by atoms with Gasteiger partial charge in [-0.1, -0.05) is 48.6 Å². The molecular formula is C35H40N2O8. The molecule has 1 aliphatic heterocycles. The first kappa shape index (κ1) is 31.0. The van der Waals surface area contributed by atoms with Crippen LogP contribution < -0.4 is 10.6 Å². The average Bonchev–Trinajstić information content (AvgIpc) is 3.98. The number of benzene rings is 2. The van der Waals surface area contributed by atoms with Gasteiger partial charge < -0.3 is 35.1 Å². The summed E-state index contributed by atoms with van der Waals surface area (Å²) in [7, 11) is 0. The van der Waals surface area contributed by atoms with E-state index in [0.717, 1.165) is 31.2 Å². The van der Waals surface area contributed by atoms with Gasteiger partial charge in [0.15, 0.2) is 5.79 Å². The third-order valence-corrected chi connectivity index (χ3v) is 8.84. The van der Waals surface area contributed by atoms with Crippen molar-refractivity contribution in [3.05, 3.63) is 82.9 Å². The number of fused-ring (bicyclic) bond motifs is 1. The molecule has 6 rings (SSSR count). The first-order valence-electron chi connectivity index (χ1n) is 15.8. The number of ether oxygens (including phenoxy) is 3. The Hall–Kier alpha value is -3.99. The predicted molar refractivity (Wildman–Crippen MR) is 165 cm³/mol. The Morgan fingerprint density at radius 1 is 0.956 bits per heavy atom. The Balaban J connectivity index is 1.17. The number of aliphatic hydroxyl groups excluding tert-OH is 1. The fraction of sp³-hybridized carbons (Fsp3) is 0.457. The summed E-state index contributed by atoms with van der Waals surface area (Å²) in [4.78, 5) is 38.8. The standard InChI is InChI=1S/C35H40N2O8/c38-19-18-36-31(40)16-17-37-33(41)24-20-29(32-30(21-24)44-35(45-32,25-12-13-25)26-14-15-26)43-34(42)27-10-3-1-6-22(27)8-5-9-23-7-2-4-11-28(23)39/h1-8,10-11,21,25-26,29-30,32,38-39H,9,12-20H2,(H,36,40)(H,37,41). The van der Waals surface area contributed by atoms with E-state index in [-0.39, 0.29) is 50.1 Å². The zero-order chi connectivity index (χ0) is 31.4. The van der Waals surface area contributed by atoms with E-state index >= 15 is 0 Å². The molecule has 3 aliphatic carbocycles. The highest BCUT2D eigenvalue weighted by molar-refractivity contribution is 5.95. The highest BCUT2D eigenvalue weighted by atomic mass is 16.8. The molecule has 0 bridgehead atoms. The largest absolute Gasteiger partial charge is 0.508 e. The van der Waals surface area contributed by atoms with Crippen LogP contribution in [0.2, 0.25) is 0 Å². The van der Waals surface area contributed by atoms with Gasteiger partial charge >= 0.3 is 5.97 Å². The van der Waals surface area contributed by atoms with Crippen LogP contribution in [-0.2, 0) is 30.2 Å². The van der Waals surface area contributed by atoms with Gasteiger partial charge in [-0.05, 0) is 61.4 Å². The lowest BCUT2D eigenvalue weighted by Gasteiger charge is -2.31. The maximum atomic E-state index is 13.7. The molecule has 45 heavy (non-hydrogen) atoms. The number of hydrogen-bond acceptors (Lipinski definition) is 8. The van der Waals surface area contributed by atoms with Gasteiger partial charge in [0.1, 0.15) is 24.1 Å². The lowest BCUT2D eigenvalue weighted by molar-refractivity contribution is -0.209. The number of rotatable bonds is 13. The molecule has 4 aliphatic rings. The number of allylic oxidation sites excluding steroid dienone is 1. The van der Waals surface area contributed by atoms with E-state index in [9.17, 15) is 19.5 Å². The van der Waals surface area contributed by atoms with Gasteiger partial charge in [-0.3, -0.25) is 9.59 Å². The van der Waals surface area contributed by atoms with Crippen LogP contribution in [0.5, 0.6) is 5.75 Å². The third kappa shape index (κ3) is 7.13. The number of phenols is 1. The molecule has 2 amide bonds. The van der Waals surface area contributed by atoms with Gasteiger partial charge in [0.25, 0.3) is 0 Å². The zero-order valence-electron chi connectivity index (χ0n) is 25.2. The second-order valence-electron chi connectivity index (χ2n) is 12.2. The molecule has 0 aromatic heterocycles. The van der Waals surface area contributed by atoms with Crippen molar-refractivity contribution in [2.75, 3.05) is 19.7 Å². The summed E-state index contributed by atoms with van der Waals surface area (Å²) < 4.78 is 19.5. The normalized spacial score (nSPS) is 23.7. The topological polar surface area (TPSA) is 143 Å². The Labute approximate surface area is 262 Å². The summed E-state index contributed by atoms with van der Waals surface area (Å²) in [6, 6.07) is 14.3. The lowest BCUT2D eigenvalue weighted by Crippen LogP contribution is -2.44. The molecule has 2 aromatic carbocycles. The van der Waals surface area contributed by atoms with E-state index in [0.29, 0.717) is 35.0 Å². The summed E-state index contributed by atoms with van der Waals surface area (Å²) in [6.07, 6.45) is 8.49. The minimum Gasteiger partial charge on any atom is -0.508 e. The quantitative estimate of drug-likeness (QED) is 0.251. The van der Waals surface area contributed by atoms with Crippen LogP contribution in [-0.4, -0.2) is 71.8 Å². The summed E-state index contributed by atoms with van der Waals surface area (Å²) >= 11 is 0. The van der Waals surface area contributed by atoms with Crippen molar-refractivity contribution in [2.45, 2.75) is 69.0 Å². The van der Waals surface area contributed by atoms with E-state index in [1.807, 2.05) is 36.4 Å². The maximum absolute atomic E-state index is 13.7. The van der Waals surface area contributed by atoms with Crippen molar-refractivity contribution in [3.8, 4) is 5.75 Å². The van der Waals surface area contributed by atoms with Gasteiger partial charge in [-0.25, -0.2) is 4.79 Å². The molecule has 2 aromatic rings. The molecule has 0 spiro atoms. The SMILES string of the molecule is O=C(CCNC(=O)C1=CC2OC(C3CC3)(C3CC3)OC2C(OC(=O)c2ccccc2C=CCc2ccccc2O)C1)NCCO. The number of para-hydroxylation sites is 1. The molecule has 1 heterocycles. The van der Waals surface area contributed by atoms with Crippen molar-refractivity contribution in [1.82, 2.24) is 10.6 Å². The van der Waals surface area contributed by atoms with Gasteiger partial charge in [-0.15, -0.1) is 0 Å². The predicted octanol–water partition coefficient (Wildman–Crippen LogP) is 3.42. The molecule has 4 N–H and O–H groups in total. The maximum Gasteiger partial charge on any atom is 0.339 e. The van der Waals surface area contributed by atoms with Crippen LogP contribution in [0.4, 0.5) is 0 Å². The van der Waals surface area contributed by atoms with Crippen molar-refractivity contribution in [2.24, 2.45) is 11.8 Å². The van der Waals surface area contributed by atoms with Crippen molar-refractivity contribution >= 4 is 23.9 Å². The molecule has 0 radical (unpaired) electrons. The third-order valence-electron chi connectivity index (χ3n) is 8.84.